The lowest BCUT2D eigenvalue weighted by Gasteiger charge is -2.02. The molecule has 3 nitrogen and oxygen atoms in total. The van der Waals surface area contributed by atoms with Crippen molar-refractivity contribution in [2.75, 3.05) is 0 Å². The van der Waals surface area contributed by atoms with Crippen LogP contribution in [0.25, 0.3) is 0 Å². The molecule has 0 bridgehead atoms. The number of aromatic carboxylic acids is 1. The Bertz CT molecular complexity index is 597. The number of hydrogen-bond acceptors (Lipinski definition) is 3. The van der Waals surface area contributed by atoms with Crippen LogP contribution >= 0.6 is 11.8 Å². The van der Waals surface area contributed by atoms with E-state index in [0.717, 1.165) is 9.79 Å². The number of rotatable bonds is 3. The molecule has 0 amide bonds. The highest BCUT2D eigenvalue weighted by Gasteiger charge is 2.02. The van der Waals surface area contributed by atoms with Crippen molar-refractivity contribution in [2.24, 2.45) is 0 Å². The van der Waals surface area contributed by atoms with Gasteiger partial charge in [-0.1, -0.05) is 11.8 Å². The number of carboxylic acids is 1. The Kier molecular flexibility index (Phi) is 3.66. The van der Waals surface area contributed by atoms with E-state index in [4.69, 9.17) is 10.4 Å². The number of nitriles is 1. The summed E-state index contributed by atoms with van der Waals surface area (Å²) < 4.78 is 0. The fourth-order valence-corrected chi connectivity index (χ4v) is 2.22. The number of carboxylic acid groups (broad SMARTS) is 1. The summed E-state index contributed by atoms with van der Waals surface area (Å²) in [6, 6.07) is 16.0. The van der Waals surface area contributed by atoms with E-state index in [1.807, 2.05) is 12.1 Å². The molecule has 0 fully saturated rings. The smallest absolute Gasteiger partial charge is 0.335 e. The lowest BCUT2D eigenvalue weighted by molar-refractivity contribution is 0.0697. The molecule has 18 heavy (non-hydrogen) atoms. The molecule has 0 atom stereocenters. The maximum Gasteiger partial charge on any atom is 0.335 e. The third kappa shape index (κ3) is 2.90. The fourth-order valence-electron chi connectivity index (χ4n) is 1.40. The monoisotopic (exact) mass is 255 g/mol. The van der Waals surface area contributed by atoms with Gasteiger partial charge in [-0.25, -0.2) is 4.79 Å². The summed E-state index contributed by atoms with van der Waals surface area (Å²) in [7, 11) is 0. The summed E-state index contributed by atoms with van der Waals surface area (Å²) in [5.41, 5.74) is 0.903. The van der Waals surface area contributed by atoms with Gasteiger partial charge in [0.25, 0.3) is 0 Å². The molecule has 4 heteroatoms. The van der Waals surface area contributed by atoms with Gasteiger partial charge in [0.15, 0.2) is 0 Å². The molecular formula is C14H9NO2S. The molecule has 0 radical (unpaired) electrons. The van der Waals surface area contributed by atoms with Gasteiger partial charge in [-0.3, -0.25) is 0 Å². The molecule has 0 saturated carbocycles. The predicted octanol–water partition coefficient (Wildman–Crippen LogP) is 3.41. The van der Waals surface area contributed by atoms with Crippen molar-refractivity contribution < 1.29 is 9.90 Å². The second-order valence-corrected chi connectivity index (χ2v) is 4.71. The molecule has 88 valence electrons. The van der Waals surface area contributed by atoms with Crippen molar-refractivity contribution in [3.8, 4) is 6.07 Å². The molecule has 2 aromatic carbocycles. The highest BCUT2D eigenvalue weighted by molar-refractivity contribution is 7.99. The van der Waals surface area contributed by atoms with E-state index >= 15 is 0 Å². The summed E-state index contributed by atoms with van der Waals surface area (Å²) in [5, 5.41) is 17.5. The van der Waals surface area contributed by atoms with E-state index in [0.29, 0.717) is 5.56 Å². The standard InChI is InChI=1S/C14H9NO2S/c15-9-10-1-5-12(6-2-10)18-13-7-3-11(4-8-13)14(16)17/h1-8H,(H,16,17). The van der Waals surface area contributed by atoms with Crippen LogP contribution in [0.15, 0.2) is 58.3 Å². The van der Waals surface area contributed by atoms with Crippen LogP contribution in [0.4, 0.5) is 0 Å². The van der Waals surface area contributed by atoms with E-state index in [1.165, 1.54) is 11.8 Å². The van der Waals surface area contributed by atoms with Crippen molar-refractivity contribution in [2.45, 2.75) is 9.79 Å². The van der Waals surface area contributed by atoms with Gasteiger partial charge in [-0.15, -0.1) is 0 Å². The van der Waals surface area contributed by atoms with Crippen LogP contribution in [-0.2, 0) is 0 Å². The first-order valence-electron chi connectivity index (χ1n) is 5.20. The van der Waals surface area contributed by atoms with Gasteiger partial charge < -0.3 is 5.11 Å². The Morgan fingerprint density at radius 2 is 1.50 bits per heavy atom. The second-order valence-electron chi connectivity index (χ2n) is 3.57. The largest absolute Gasteiger partial charge is 0.478 e. The molecule has 2 rings (SSSR count). The van der Waals surface area contributed by atoms with Crippen molar-refractivity contribution in [1.82, 2.24) is 0 Å². The Labute approximate surface area is 109 Å². The van der Waals surface area contributed by atoms with Gasteiger partial charge in [0.2, 0.25) is 0 Å². The highest BCUT2D eigenvalue weighted by atomic mass is 32.2. The second kappa shape index (κ2) is 5.39. The zero-order chi connectivity index (χ0) is 13.0. The van der Waals surface area contributed by atoms with Crippen molar-refractivity contribution in [3.63, 3.8) is 0 Å². The summed E-state index contributed by atoms with van der Waals surface area (Å²) in [5.74, 6) is -0.926. The van der Waals surface area contributed by atoms with Crippen LogP contribution < -0.4 is 0 Å². The van der Waals surface area contributed by atoms with E-state index in [1.54, 1.807) is 36.4 Å². The van der Waals surface area contributed by atoms with Crippen molar-refractivity contribution in [1.29, 1.82) is 5.26 Å². The van der Waals surface area contributed by atoms with Crippen LogP contribution in [0.5, 0.6) is 0 Å². The zero-order valence-electron chi connectivity index (χ0n) is 9.33. The van der Waals surface area contributed by atoms with Crippen LogP contribution in [-0.4, -0.2) is 11.1 Å². The average molecular weight is 255 g/mol. The molecule has 0 unspecified atom stereocenters. The van der Waals surface area contributed by atoms with E-state index in [-0.39, 0.29) is 5.56 Å². The van der Waals surface area contributed by atoms with Gasteiger partial charge >= 0.3 is 5.97 Å². The third-order valence-corrected chi connectivity index (χ3v) is 3.34. The van der Waals surface area contributed by atoms with Crippen LogP contribution in [0.2, 0.25) is 0 Å². The minimum absolute atomic E-state index is 0.277. The predicted molar refractivity (Wildman–Crippen MR) is 68.7 cm³/mol. The molecule has 0 aliphatic rings. The number of benzene rings is 2. The third-order valence-electron chi connectivity index (χ3n) is 2.32. The van der Waals surface area contributed by atoms with E-state index < -0.39 is 5.97 Å². The van der Waals surface area contributed by atoms with Crippen molar-refractivity contribution in [3.05, 3.63) is 59.7 Å². The molecular weight excluding hydrogens is 246 g/mol. The van der Waals surface area contributed by atoms with Gasteiger partial charge in [-0.05, 0) is 48.5 Å². The highest BCUT2D eigenvalue weighted by Crippen LogP contribution is 2.27. The zero-order valence-corrected chi connectivity index (χ0v) is 10.1. The van der Waals surface area contributed by atoms with Crippen LogP contribution in [0.1, 0.15) is 15.9 Å². The average Bonchev–Trinajstić information content (AvgIpc) is 2.40. The maximum absolute atomic E-state index is 10.7. The minimum Gasteiger partial charge on any atom is -0.478 e. The summed E-state index contributed by atoms with van der Waals surface area (Å²) >= 11 is 1.52. The Morgan fingerprint density at radius 3 is 1.94 bits per heavy atom. The van der Waals surface area contributed by atoms with E-state index in [9.17, 15) is 4.79 Å². The molecule has 0 heterocycles. The summed E-state index contributed by atoms with van der Waals surface area (Å²) in [6.07, 6.45) is 0. The first-order chi connectivity index (χ1) is 8.69. The van der Waals surface area contributed by atoms with Gasteiger partial charge in [0, 0.05) is 9.79 Å². The normalized spacial score (nSPS) is 9.72. The fraction of sp³-hybridized carbons (Fsp3) is 0. The molecule has 0 spiro atoms. The van der Waals surface area contributed by atoms with Crippen LogP contribution in [0, 0.1) is 11.3 Å². The van der Waals surface area contributed by atoms with Gasteiger partial charge in [0.05, 0.1) is 17.2 Å². The number of hydrogen-bond donors (Lipinski definition) is 1. The SMILES string of the molecule is N#Cc1ccc(Sc2ccc(C(=O)O)cc2)cc1. The summed E-state index contributed by atoms with van der Waals surface area (Å²) in [6.45, 7) is 0. The molecule has 0 aliphatic carbocycles. The number of carbonyl (C=O) groups is 1. The Morgan fingerprint density at radius 1 is 1.00 bits per heavy atom. The summed E-state index contributed by atoms with van der Waals surface area (Å²) in [4.78, 5) is 12.7. The quantitative estimate of drug-likeness (QED) is 0.913. The molecule has 0 aromatic heterocycles. The topological polar surface area (TPSA) is 61.1 Å². The Balaban J connectivity index is 2.13. The first-order valence-corrected chi connectivity index (χ1v) is 6.02. The molecule has 2 aromatic rings. The minimum atomic E-state index is -0.926. The Hall–Kier alpha value is -2.25. The van der Waals surface area contributed by atoms with E-state index in [2.05, 4.69) is 6.07 Å². The van der Waals surface area contributed by atoms with Gasteiger partial charge in [0.1, 0.15) is 0 Å². The lowest BCUT2D eigenvalue weighted by Crippen LogP contribution is -1.94. The lowest BCUT2D eigenvalue weighted by atomic mass is 10.2. The molecule has 0 saturated heterocycles. The van der Waals surface area contributed by atoms with Crippen molar-refractivity contribution >= 4 is 17.7 Å². The van der Waals surface area contributed by atoms with Gasteiger partial charge in [-0.2, -0.15) is 5.26 Å². The molecule has 0 aliphatic heterocycles. The first kappa shape index (κ1) is 12.2. The maximum atomic E-state index is 10.7. The van der Waals surface area contributed by atoms with Crippen LogP contribution in [0.3, 0.4) is 0 Å². The molecule has 1 N–H and O–H groups in total. The number of nitrogens with zero attached hydrogens (tertiary/aromatic N) is 1.